The molecule has 2 aliphatic rings. The topological polar surface area (TPSA) is 70.8 Å². The summed E-state index contributed by atoms with van der Waals surface area (Å²) in [7, 11) is 0. The van der Waals surface area contributed by atoms with Crippen LogP contribution in [0.3, 0.4) is 0 Å². The Hall–Kier alpha value is -3.48. The number of para-hydroxylation sites is 1. The molecule has 0 saturated carbocycles. The first-order chi connectivity index (χ1) is 15.0. The molecule has 2 amide bonds. The molecule has 0 bridgehead atoms. The van der Waals surface area contributed by atoms with E-state index in [1.807, 2.05) is 29.2 Å². The van der Waals surface area contributed by atoms with Gasteiger partial charge in [-0.15, -0.1) is 0 Å². The van der Waals surface area contributed by atoms with Crippen LogP contribution in [0.1, 0.15) is 41.3 Å². The number of benzene rings is 2. The zero-order valence-corrected chi connectivity index (χ0v) is 16.8. The Morgan fingerprint density at radius 1 is 1.13 bits per heavy atom. The Kier molecular flexibility index (Phi) is 4.81. The molecule has 3 heterocycles. The highest BCUT2D eigenvalue weighted by atomic mass is 19.1. The van der Waals surface area contributed by atoms with E-state index in [2.05, 4.69) is 0 Å². The van der Waals surface area contributed by atoms with Crippen LogP contribution in [-0.2, 0) is 4.79 Å². The third-order valence-corrected chi connectivity index (χ3v) is 6.14. The number of nitrogens with zero attached hydrogens (tertiary/aromatic N) is 2. The predicted octanol–water partition coefficient (Wildman–Crippen LogP) is 3.69. The van der Waals surface area contributed by atoms with Crippen LogP contribution in [0, 0.1) is 5.82 Å². The van der Waals surface area contributed by atoms with Gasteiger partial charge in [-0.25, -0.2) is 4.39 Å². The second-order valence-corrected chi connectivity index (χ2v) is 8.06. The van der Waals surface area contributed by atoms with Crippen molar-refractivity contribution in [3.63, 3.8) is 0 Å². The van der Waals surface area contributed by atoms with E-state index in [0.29, 0.717) is 19.5 Å². The summed E-state index contributed by atoms with van der Waals surface area (Å²) in [6.45, 7) is 1.88. The Balaban J connectivity index is 1.43. The fraction of sp³-hybridized carbons (Fsp3) is 0.292. The molecule has 158 valence electrons. The minimum Gasteiger partial charge on any atom is -0.451 e. The van der Waals surface area contributed by atoms with Gasteiger partial charge in [0.05, 0.1) is 5.39 Å². The van der Waals surface area contributed by atoms with Crippen molar-refractivity contribution in [1.82, 2.24) is 4.90 Å². The lowest BCUT2D eigenvalue weighted by Crippen LogP contribution is -2.32. The lowest BCUT2D eigenvalue weighted by Gasteiger charge is -2.19. The molecular weight excluding hydrogens is 399 g/mol. The first-order valence-corrected chi connectivity index (χ1v) is 10.4. The van der Waals surface area contributed by atoms with Crippen molar-refractivity contribution in [2.24, 2.45) is 0 Å². The molecule has 7 heteroatoms. The van der Waals surface area contributed by atoms with E-state index >= 15 is 0 Å². The van der Waals surface area contributed by atoms with E-state index in [0.717, 1.165) is 36.7 Å². The highest BCUT2D eigenvalue weighted by molar-refractivity contribution is 6.06. The molecule has 2 aliphatic heterocycles. The summed E-state index contributed by atoms with van der Waals surface area (Å²) in [5.41, 5.74) is 1.47. The molecule has 0 radical (unpaired) electrons. The molecule has 0 aliphatic carbocycles. The van der Waals surface area contributed by atoms with Crippen molar-refractivity contribution in [2.45, 2.75) is 25.2 Å². The number of rotatable bonds is 4. The number of halogens is 1. The van der Waals surface area contributed by atoms with E-state index < -0.39 is 11.7 Å². The summed E-state index contributed by atoms with van der Waals surface area (Å²) in [6, 6.07) is 12.5. The third-order valence-electron chi connectivity index (χ3n) is 6.14. The fourth-order valence-electron chi connectivity index (χ4n) is 4.55. The zero-order chi connectivity index (χ0) is 21.5. The maximum Gasteiger partial charge on any atom is 0.294 e. The van der Waals surface area contributed by atoms with Crippen LogP contribution in [0.2, 0.25) is 0 Å². The number of hydrogen-bond donors (Lipinski definition) is 0. The Bertz CT molecular complexity index is 1250. The van der Waals surface area contributed by atoms with E-state index in [1.54, 1.807) is 4.90 Å². The van der Waals surface area contributed by atoms with Gasteiger partial charge in [0.25, 0.3) is 5.91 Å². The monoisotopic (exact) mass is 420 g/mol. The SMILES string of the molecule is O=C1CCCN1CCC1CN(C(=O)c2cc(=O)c3ccc(F)cc3o2)c2ccccc21. The maximum atomic E-state index is 13.6. The van der Waals surface area contributed by atoms with Gasteiger partial charge >= 0.3 is 0 Å². The van der Waals surface area contributed by atoms with Crippen molar-refractivity contribution < 1.29 is 18.4 Å². The van der Waals surface area contributed by atoms with Crippen LogP contribution in [0.15, 0.2) is 57.7 Å². The lowest BCUT2D eigenvalue weighted by molar-refractivity contribution is -0.127. The first kappa shape index (κ1) is 19.5. The molecule has 1 unspecified atom stereocenters. The molecule has 3 aromatic rings. The molecule has 31 heavy (non-hydrogen) atoms. The van der Waals surface area contributed by atoms with Crippen molar-refractivity contribution in [2.75, 3.05) is 24.5 Å². The number of anilines is 1. The fourth-order valence-corrected chi connectivity index (χ4v) is 4.55. The van der Waals surface area contributed by atoms with E-state index in [-0.39, 0.29) is 34.0 Å². The predicted molar refractivity (Wildman–Crippen MR) is 114 cm³/mol. The Morgan fingerprint density at radius 3 is 2.77 bits per heavy atom. The standard InChI is InChI=1S/C24H21FN2O4/c25-16-7-8-18-20(28)13-22(31-21(18)12-16)24(30)27-14-15(17-4-1-2-5-19(17)27)9-11-26-10-3-6-23(26)29/h1-2,4-5,7-8,12-13,15H,3,6,9-11,14H2. The van der Waals surface area contributed by atoms with Crippen LogP contribution in [0.25, 0.3) is 11.0 Å². The summed E-state index contributed by atoms with van der Waals surface area (Å²) in [6.07, 6.45) is 2.25. The summed E-state index contributed by atoms with van der Waals surface area (Å²) in [5, 5.41) is 0.230. The molecule has 6 nitrogen and oxygen atoms in total. The van der Waals surface area contributed by atoms with Crippen molar-refractivity contribution >= 4 is 28.5 Å². The van der Waals surface area contributed by atoms with Gasteiger partial charge in [0.1, 0.15) is 11.4 Å². The number of hydrogen-bond acceptors (Lipinski definition) is 4. The lowest BCUT2D eigenvalue weighted by atomic mass is 9.98. The van der Waals surface area contributed by atoms with E-state index in [1.165, 1.54) is 18.2 Å². The minimum atomic E-state index is -0.539. The van der Waals surface area contributed by atoms with Gasteiger partial charge in [0.2, 0.25) is 5.91 Å². The quantitative estimate of drug-likeness (QED) is 0.646. The Labute approximate surface area is 177 Å². The highest BCUT2D eigenvalue weighted by Gasteiger charge is 2.34. The van der Waals surface area contributed by atoms with Crippen molar-refractivity contribution in [3.05, 3.63) is 75.9 Å². The molecule has 2 aromatic carbocycles. The summed E-state index contributed by atoms with van der Waals surface area (Å²) in [5.74, 6) is -0.824. The molecular formula is C24H21FN2O4. The molecule has 0 spiro atoms. The van der Waals surface area contributed by atoms with Gasteiger partial charge in [-0.3, -0.25) is 14.4 Å². The largest absolute Gasteiger partial charge is 0.451 e. The summed E-state index contributed by atoms with van der Waals surface area (Å²) < 4.78 is 19.2. The molecule has 1 saturated heterocycles. The van der Waals surface area contributed by atoms with Crippen LogP contribution >= 0.6 is 0 Å². The normalized spacial score (nSPS) is 18.1. The minimum absolute atomic E-state index is 0.0485. The second kappa shape index (κ2) is 7.65. The molecule has 5 rings (SSSR count). The van der Waals surface area contributed by atoms with Gasteiger partial charge in [-0.2, -0.15) is 0 Å². The van der Waals surface area contributed by atoms with Gasteiger partial charge in [0.15, 0.2) is 11.2 Å². The average molecular weight is 420 g/mol. The maximum absolute atomic E-state index is 13.6. The van der Waals surface area contributed by atoms with Gasteiger partial charge < -0.3 is 14.2 Å². The second-order valence-electron chi connectivity index (χ2n) is 8.06. The Morgan fingerprint density at radius 2 is 1.97 bits per heavy atom. The van der Waals surface area contributed by atoms with E-state index in [4.69, 9.17) is 4.42 Å². The molecule has 1 atom stereocenters. The molecule has 0 N–H and O–H groups in total. The van der Waals surface area contributed by atoms with Gasteiger partial charge in [0, 0.05) is 49.8 Å². The number of carbonyl (C=O) groups is 2. The smallest absolute Gasteiger partial charge is 0.294 e. The average Bonchev–Trinajstić information content (AvgIpc) is 3.34. The van der Waals surface area contributed by atoms with Crippen LogP contribution in [-0.4, -0.2) is 36.3 Å². The third kappa shape index (κ3) is 3.50. The van der Waals surface area contributed by atoms with Crippen molar-refractivity contribution in [3.8, 4) is 0 Å². The van der Waals surface area contributed by atoms with E-state index in [9.17, 15) is 18.8 Å². The van der Waals surface area contributed by atoms with Gasteiger partial charge in [-0.1, -0.05) is 18.2 Å². The summed E-state index contributed by atoms with van der Waals surface area (Å²) in [4.78, 5) is 41.1. The van der Waals surface area contributed by atoms with Gasteiger partial charge in [-0.05, 0) is 36.6 Å². The number of carbonyl (C=O) groups excluding carboxylic acids is 2. The van der Waals surface area contributed by atoms with Crippen LogP contribution in [0.5, 0.6) is 0 Å². The number of likely N-dealkylation sites (tertiary alicyclic amines) is 1. The molecule has 1 fully saturated rings. The number of fused-ring (bicyclic) bond motifs is 2. The molecule has 1 aromatic heterocycles. The first-order valence-electron chi connectivity index (χ1n) is 10.4. The van der Waals surface area contributed by atoms with Crippen LogP contribution < -0.4 is 10.3 Å². The highest BCUT2D eigenvalue weighted by Crippen LogP contribution is 2.39. The zero-order valence-electron chi connectivity index (χ0n) is 16.8. The van der Waals surface area contributed by atoms with Crippen LogP contribution in [0.4, 0.5) is 10.1 Å². The van der Waals surface area contributed by atoms with Crippen molar-refractivity contribution in [1.29, 1.82) is 0 Å². The summed E-state index contributed by atoms with van der Waals surface area (Å²) >= 11 is 0. The number of amides is 2.